The Morgan fingerprint density at radius 1 is 1.00 bits per heavy atom. The maximum absolute atomic E-state index is 12.6. The number of halogens is 3. The highest BCUT2D eigenvalue weighted by Gasteiger charge is 2.32. The average molecular weight is 399 g/mol. The van der Waals surface area contributed by atoms with E-state index in [1.165, 1.54) is 12.1 Å². The van der Waals surface area contributed by atoms with Crippen molar-refractivity contribution in [3.8, 4) is 11.4 Å². The number of aromatic nitrogens is 2. The molecule has 29 heavy (non-hydrogen) atoms. The Bertz CT molecular complexity index is 981. The molecule has 1 aliphatic rings. The zero-order valence-electron chi connectivity index (χ0n) is 15.6. The van der Waals surface area contributed by atoms with Crippen molar-refractivity contribution in [2.45, 2.75) is 31.6 Å². The van der Waals surface area contributed by atoms with Crippen molar-refractivity contribution in [3.05, 3.63) is 78.1 Å². The maximum atomic E-state index is 12.6. The largest absolute Gasteiger partial charge is 0.393 e. The normalized spacial score (nSPS) is 17.1. The van der Waals surface area contributed by atoms with Gasteiger partial charge in [0, 0.05) is 37.5 Å². The quantitative estimate of drug-likeness (QED) is 0.628. The lowest BCUT2D eigenvalue weighted by atomic mass is 10.1. The van der Waals surface area contributed by atoms with Crippen LogP contribution < -0.4 is 0 Å². The minimum atomic E-state index is -4.23. The highest BCUT2D eigenvalue weighted by molar-refractivity contribution is 5.79. The number of alkyl halides is 3. The summed E-state index contributed by atoms with van der Waals surface area (Å²) in [6, 6.07) is 16.0. The van der Waals surface area contributed by atoms with Crippen LogP contribution in [0.15, 0.2) is 67.0 Å². The van der Waals surface area contributed by atoms with Crippen LogP contribution in [0.4, 0.5) is 13.2 Å². The molecular weight excluding hydrogens is 379 g/mol. The number of amides is 1. The van der Waals surface area contributed by atoms with E-state index < -0.39 is 12.6 Å². The Morgan fingerprint density at radius 3 is 2.41 bits per heavy atom. The zero-order valence-corrected chi connectivity index (χ0v) is 15.6. The van der Waals surface area contributed by atoms with Crippen LogP contribution in [0.25, 0.3) is 11.4 Å². The fraction of sp³-hybridized carbons (Fsp3) is 0.273. The molecule has 4 nitrogen and oxygen atoms in total. The van der Waals surface area contributed by atoms with Crippen molar-refractivity contribution in [2.24, 2.45) is 0 Å². The number of benzene rings is 2. The fourth-order valence-electron chi connectivity index (χ4n) is 3.73. The summed E-state index contributed by atoms with van der Waals surface area (Å²) in [5.41, 5.74) is 2.02. The molecule has 0 radical (unpaired) electrons. The molecule has 2 heterocycles. The number of carbonyl (C=O) groups excluding carboxylic acids is 1. The predicted molar refractivity (Wildman–Crippen MR) is 103 cm³/mol. The zero-order chi connectivity index (χ0) is 20.4. The van der Waals surface area contributed by atoms with E-state index in [1.807, 2.05) is 46.0 Å². The molecule has 4 rings (SSSR count). The van der Waals surface area contributed by atoms with Crippen LogP contribution in [-0.2, 0) is 17.8 Å². The number of rotatable bonds is 5. The predicted octanol–water partition coefficient (Wildman–Crippen LogP) is 4.63. The van der Waals surface area contributed by atoms with E-state index in [-0.39, 0.29) is 17.5 Å². The van der Waals surface area contributed by atoms with E-state index in [1.54, 1.807) is 18.3 Å². The van der Waals surface area contributed by atoms with Crippen LogP contribution >= 0.6 is 0 Å². The van der Waals surface area contributed by atoms with Crippen molar-refractivity contribution in [1.29, 1.82) is 0 Å². The summed E-state index contributed by atoms with van der Waals surface area (Å²) in [6.45, 7) is 1.13. The summed E-state index contributed by atoms with van der Waals surface area (Å²) in [5.74, 6) is 0.738. The lowest BCUT2D eigenvalue weighted by Gasteiger charge is -2.18. The fourth-order valence-corrected chi connectivity index (χ4v) is 3.73. The molecule has 1 aliphatic heterocycles. The first-order chi connectivity index (χ1) is 13.9. The molecule has 0 N–H and O–H groups in total. The van der Waals surface area contributed by atoms with Gasteiger partial charge in [-0.25, -0.2) is 4.98 Å². The molecule has 0 spiro atoms. The topological polar surface area (TPSA) is 38.1 Å². The van der Waals surface area contributed by atoms with E-state index in [0.717, 1.165) is 11.1 Å². The third kappa shape index (κ3) is 4.50. The molecule has 1 aromatic heterocycles. The lowest BCUT2D eigenvalue weighted by molar-refractivity contribution is -0.128. The minimum absolute atomic E-state index is 0.0569. The smallest absolute Gasteiger partial charge is 0.336 e. The van der Waals surface area contributed by atoms with Gasteiger partial charge in [-0.15, -0.1) is 0 Å². The van der Waals surface area contributed by atoms with Gasteiger partial charge in [0.05, 0.1) is 12.5 Å². The van der Waals surface area contributed by atoms with Gasteiger partial charge in [-0.1, -0.05) is 54.6 Å². The molecule has 0 aliphatic carbocycles. The molecule has 1 amide bonds. The molecule has 0 saturated carbocycles. The van der Waals surface area contributed by atoms with Crippen molar-refractivity contribution in [2.75, 3.05) is 6.54 Å². The lowest BCUT2D eigenvalue weighted by Crippen LogP contribution is -2.25. The average Bonchev–Trinajstić information content (AvgIpc) is 3.29. The Kier molecular flexibility index (Phi) is 5.13. The van der Waals surface area contributed by atoms with E-state index in [9.17, 15) is 18.0 Å². The van der Waals surface area contributed by atoms with Crippen LogP contribution in [0, 0.1) is 0 Å². The van der Waals surface area contributed by atoms with Crippen LogP contribution in [0.1, 0.15) is 23.6 Å². The van der Waals surface area contributed by atoms with E-state index in [4.69, 9.17) is 0 Å². The Hall–Kier alpha value is -3.09. The first-order valence-corrected chi connectivity index (χ1v) is 9.40. The second kappa shape index (κ2) is 7.73. The number of likely N-dealkylation sites (tertiary alicyclic amines) is 1. The number of imidazole rings is 1. The van der Waals surface area contributed by atoms with Gasteiger partial charge in [-0.05, 0) is 11.1 Å². The highest BCUT2D eigenvalue weighted by Crippen LogP contribution is 2.30. The van der Waals surface area contributed by atoms with Crippen molar-refractivity contribution in [3.63, 3.8) is 0 Å². The summed E-state index contributed by atoms with van der Waals surface area (Å²) in [5, 5.41) is 0. The van der Waals surface area contributed by atoms with Crippen LogP contribution in [0.3, 0.4) is 0 Å². The second-order valence-electron chi connectivity index (χ2n) is 7.26. The van der Waals surface area contributed by atoms with Crippen molar-refractivity contribution in [1.82, 2.24) is 14.5 Å². The molecule has 1 atom stereocenters. The van der Waals surface area contributed by atoms with Crippen LogP contribution in [-0.4, -0.2) is 33.1 Å². The summed E-state index contributed by atoms with van der Waals surface area (Å²) >= 11 is 0. The Balaban J connectivity index is 1.50. The number of carbonyl (C=O) groups is 1. The van der Waals surface area contributed by atoms with Crippen LogP contribution in [0.2, 0.25) is 0 Å². The first-order valence-electron chi connectivity index (χ1n) is 9.40. The van der Waals surface area contributed by atoms with Gasteiger partial charge in [0.25, 0.3) is 0 Å². The van der Waals surface area contributed by atoms with E-state index >= 15 is 0 Å². The molecule has 3 aromatic rings. The third-order valence-corrected chi connectivity index (χ3v) is 5.09. The molecule has 7 heteroatoms. The summed E-state index contributed by atoms with van der Waals surface area (Å²) in [4.78, 5) is 18.7. The summed E-state index contributed by atoms with van der Waals surface area (Å²) < 4.78 is 39.6. The van der Waals surface area contributed by atoms with Gasteiger partial charge < -0.3 is 9.47 Å². The third-order valence-electron chi connectivity index (χ3n) is 5.09. The first kappa shape index (κ1) is 19.2. The Labute approximate surface area is 166 Å². The molecular formula is C22H20F3N3O. The molecule has 1 fully saturated rings. The van der Waals surface area contributed by atoms with Crippen molar-refractivity contribution >= 4 is 5.91 Å². The molecule has 150 valence electrons. The monoisotopic (exact) mass is 399 g/mol. The highest BCUT2D eigenvalue weighted by atomic mass is 19.4. The molecule has 0 bridgehead atoms. The number of hydrogen-bond acceptors (Lipinski definition) is 2. The minimum Gasteiger partial charge on any atom is -0.336 e. The van der Waals surface area contributed by atoms with Crippen LogP contribution in [0.5, 0.6) is 0 Å². The van der Waals surface area contributed by atoms with Gasteiger partial charge in [0.2, 0.25) is 5.91 Å². The maximum Gasteiger partial charge on any atom is 0.393 e. The number of hydrogen-bond donors (Lipinski definition) is 0. The Morgan fingerprint density at radius 2 is 1.72 bits per heavy atom. The summed E-state index contributed by atoms with van der Waals surface area (Å²) in [7, 11) is 0. The SMILES string of the molecule is O=C1CC(n2ccnc2-c2ccc(CC(F)(F)F)cc2)CN1Cc1ccccc1. The molecule has 1 saturated heterocycles. The number of nitrogens with zero attached hydrogens (tertiary/aromatic N) is 3. The van der Waals surface area contributed by atoms with Crippen molar-refractivity contribution < 1.29 is 18.0 Å². The van der Waals surface area contributed by atoms with Gasteiger partial charge in [0.1, 0.15) is 5.82 Å². The standard InChI is InChI=1S/C22H20F3N3O/c23-22(24,25)13-16-6-8-18(9-7-16)21-26-10-11-28(21)19-12-20(29)27(15-19)14-17-4-2-1-3-5-17/h1-11,19H,12-15H2. The van der Waals surface area contributed by atoms with E-state index in [0.29, 0.717) is 25.3 Å². The van der Waals surface area contributed by atoms with Gasteiger partial charge in [-0.3, -0.25) is 4.79 Å². The van der Waals surface area contributed by atoms with Gasteiger partial charge in [-0.2, -0.15) is 13.2 Å². The summed E-state index contributed by atoms with van der Waals surface area (Å²) in [6.07, 6.45) is -1.33. The van der Waals surface area contributed by atoms with E-state index in [2.05, 4.69) is 4.98 Å². The second-order valence-corrected chi connectivity index (χ2v) is 7.26. The molecule has 1 unspecified atom stereocenters. The molecule has 2 aromatic carbocycles. The van der Waals surface area contributed by atoms with Gasteiger partial charge in [0.15, 0.2) is 0 Å². The van der Waals surface area contributed by atoms with Gasteiger partial charge >= 0.3 is 6.18 Å².